The van der Waals surface area contributed by atoms with Crippen molar-refractivity contribution < 1.29 is 19.0 Å². The number of fused-ring (bicyclic) bond motifs is 1. The molecule has 0 saturated heterocycles. The number of benzene rings is 1. The van der Waals surface area contributed by atoms with Gasteiger partial charge in [0.2, 0.25) is 0 Å². The molecule has 1 aliphatic heterocycles. The average Bonchev–Trinajstić information content (AvgIpc) is 2.84. The molecule has 1 aliphatic rings. The molecule has 2 aromatic rings. The van der Waals surface area contributed by atoms with Gasteiger partial charge in [-0.25, -0.2) is 4.79 Å². The van der Waals surface area contributed by atoms with Crippen molar-refractivity contribution in [2.24, 2.45) is 7.05 Å². The van der Waals surface area contributed by atoms with Crippen LogP contribution in [0, 0.1) is 11.3 Å². The molecule has 0 atom stereocenters. The number of nitrogens with zero attached hydrogens (tertiary/aromatic N) is 3. The second-order valence-electron chi connectivity index (χ2n) is 6.44. The highest BCUT2D eigenvalue weighted by atomic mass is 16.5. The van der Waals surface area contributed by atoms with E-state index in [0.29, 0.717) is 36.0 Å². The van der Waals surface area contributed by atoms with E-state index in [1.807, 2.05) is 24.3 Å². The molecule has 0 spiro atoms. The maximum atomic E-state index is 12.1. The van der Waals surface area contributed by atoms with Crippen LogP contribution in [0.1, 0.15) is 25.8 Å². The summed E-state index contributed by atoms with van der Waals surface area (Å²) in [5.74, 6) is 0.703. The summed E-state index contributed by atoms with van der Waals surface area (Å²) >= 11 is 0. The third-order valence-corrected chi connectivity index (χ3v) is 3.86. The molecule has 0 saturated carbocycles. The predicted octanol–water partition coefficient (Wildman–Crippen LogP) is 3.11. The molecule has 27 heavy (non-hydrogen) atoms. The zero-order valence-electron chi connectivity index (χ0n) is 15.6. The number of nitriles is 1. The molecule has 0 unspecified atom stereocenters. The molecule has 0 fully saturated rings. The van der Waals surface area contributed by atoms with Crippen LogP contribution in [0.5, 0.6) is 11.5 Å². The summed E-state index contributed by atoms with van der Waals surface area (Å²) in [6, 6.07) is 7.49. The van der Waals surface area contributed by atoms with E-state index in [9.17, 15) is 10.1 Å². The van der Waals surface area contributed by atoms with Gasteiger partial charge in [-0.15, -0.1) is 0 Å². The van der Waals surface area contributed by atoms with Gasteiger partial charge in [0.15, 0.2) is 11.5 Å². The van der Waals surface area contributed by atoms with Crippen molar-refractivity contribution in [2.75, 3.05) is 13.2 Å². The molecule has 2 heterocycles. The van der Waals surface area contributed by atoms with Crippen molar-refractivity contribution >= 4 is 12.0 Å². The predicted molar refractivity (Wildman–Crippen MR) is 99.1 cm³/mol. The van der Waals surface area contributed by atoms with Crippen LogP contribution in [0.15, 0.2) is 30.0 Å². The number of carbonyl (C=O) groups is 1. The molecule has 0 N–H and O–H groups in total. The van der Waals surface area contributed by atoms with E-state index in [1.165, 1.54) is 6.08 Å². The summed E-state index contributed by atoms with van der Waals surface area (Å²) in [6.07, 6.45) is 3.77. The van der Waals surface area contributed by atoms with Gasteiger partial charge in [-0.3, -0.25) is 4.68 Å². The largest absolute Gasteiger partial charge is 0.490 e. The van der Waals surface area contributed by atoms with Crippen molar-refractivity contribution in [3.05, 3.63) is 35.5 Å². The van der Waals surface area contributed by atoms with Crippen molar-refractivity contribution in [1.29, 1.82) is 5.26 Å². The lowest BCUT2D eigenvalue weighted by atomic mass is 10.1. The summed E-state index contributed by atoms with van der Waals surface area (Å²) in [5, 5.41) is 13.8. The topological polar surface area (TPSA) is 86.4 Å². The first-order valence-corrected chi connectivity index (χ1v) is 8.74. The van der Waals surface area contributed by atoms with Gasteiger partial charge in [-0.2, -0.15) is 10.4 Å². The van der Waals surface area contributed by atoms with Crippen LogP contribution >= 0.6 is 0 Å². The summed E-state index contributed by atoms with van der Waals surface area (Å²) in [4.78, 5) is 12.1. The number of hydrogen-bond acceptors (Lipinski definition) is 6. The highest BCUT2D eigenvalue weighted by Gasteiger charge is 2.18. The quantitative estimate of drug-likeness (QED) is 0.469. The number of carbonyl (C=O) groups excluding carboxylic acids is 1. The lowest BCUT2D eigenvalue weighted by Crippen LogP contribution is -2.12. The molecule has 1 aromatic carbocycles. The Hall–Kier alpha value is -3.27. The normalized spacial score (nSPS) is 13.8. The summed E-state index contributed by atoms with van der Waals surface area (Å²) in [5.41, 5.74) is 2.01. The fourth-order valence-electron chi connectivity index (χ4n) is 2.72. The van der Waals surface area contributed by atoms with Crippen molar-refractivity contribution in [2.45, 2.75) is 26.4 Å². The standard InChI is InChI=1S/C20H21N3O4/c1-13(2)27-20(24)15(11-21)9-16-12-23(3)22-19(16)14-5-6-17-18(10-14)26-8-4-7-25-17/h5-6,9-10,12-13H,4,7-8H2,1-3H3/b15-9+. The third-order valence-electron chi connectivity index (χ3n) is 3.86. The van der Waals surface area contributed by atoms with E-state index in [-0.39, 0.29) is 11.7 Å². The zero-order chi connectivity index (χ0) is 19.4. The van der Waals surface area contributed by atoms with Gasteiger partial charge in [0.05, 0.1) is 25.0 Å². The maximum Gasteiger partial charge on any atom is 0.349 e. The molecule has 140 valence electrons. The van der Waals surface area contributed by atoms with Crippen LogP contribution in [0.4, 0.5) is 0 Å². The molecule has 0 bridgehead atoms. The van der Waals surface area contributed by atoms with E-state index in [4.69, 9.17) is 14.2 Å². The highest BCUT2D eigenvalue weighted by molar-refractivity contribution is 5.98. The van der Waals surface area contributed by atoms with E-state index in [1.54, 1.807) is 31.8 Å². The molecule has 0 amide bonds. The molecular formula is C20H21N3O4. The zero-order valence-corrected chi connectivity index (χ0v) is 15.6. The molecular weight excluding hydrogens is 346 g/mol. The molecule has 3 rings (SSSR count). The molecule has 1 aromatic heterocycles. The van der Waals surface area contributed by atoms with Crippen molar-refractivity contribution in [3.63, 3.8) is 0 Å². The van der Waals surface area contributed by atoms with Crippen molar-refractivity contribution in [1.82, 2.24) is 9.78 Å². The van der Waals surface area contributed by atoms with Gasteiger partial charge < -0.3 is 14.2 Å². The first-order chi connectivity index (χ1) is 13.0. The first kappa shape index (κ1) is 18.5. The van der Waals surface area contributed by atoms with Crippen LogP contribution < -0.4 is 9.47 Å². The average molecular weight is 367 g/mol. The molecule has 0 aliphatic carbocycles. The Morgan fingerprint density at radius 1 is 1.33 bits per heavy atom. The maximum absolute atomic E-state index is 12.1. The number of ether oxygens (including phenoxy) is 3. The molecule has 7 heteroatoms. The Balaban J connectivity index is 1.99. The first-order valence-electron chi connectivity index (χ1n) is 8.74. The number of rotatable bonds is 4. The Morgan fingerprint density at radius 2 is 2.07 bits per heavy atom. The van der Waals surface area contributed by atoms with Crippen LogP contribution in [0.3, 0.4) is 0 Å². The highest BCUT2D eigenvalue weighted by Crippen LogP contribution is 2.35. The van der Waals surface area contributed by atoms with E-state index < -0.39 is 5.97 Å². The molecule has 7 nitrogen and oxygen atoms in total. The Kier molecular flexibility index (Phi) is 5.46. The second-order valence-corrected chi connectivity index (χ2v) is 6.44. The fourth-order valence-corrected chi connectivity index (χ4v) is 2.72. The summed E-state index contributed by atoms with van der Waals surface area (Å²) < 4.78 is 18.2. The fraction of sp³-hybridized carbons (Fsp3) is 0.350. The van der Waals surface area contributed by atoms with Gasteiger partial charge in [0.1, 0.15) is 11.6 Å². The monoisotopic (exact) mass is 367 g/mol. The van der Waals surface area contributed by atoms with Gasteiger partial charge in [-0.1, -0.05) is 0 Å². The Morgan fingerprint density at radius 3 is 2.78 bits per heavy atom. The molecule has 0 radical (unpaired) electrons. The number of aryl methyl sites for hydroxylation is 1. The minimum Gasteiger partial charge on any atom is -0.490 e. The third kappa shape index (κ3) is 4.29. The van der Waals surface area contributed by atoms with Crippen LogP contribution in [-0.2, 0) is 16.6 Å². The SMILES string of the molecule is CC(C)OC(=O)/C(C#N)=C/c1cn(C)nc1-c1ccc2c(c1)OCCCO2. The van der Waals surface area contributed by atoms with Gasteiger partial charge in [-0.05, 0) is 38.1 Å². The van der Waals surface area contributed by atoms with Crippen molar-refractivity contribution in [3.8, 4) is 28.8 Å². The summed E-state index contributed by atoms with van der Waals surface area (Å²) in [7, 11) is 1.78. The van der Waals surface area contributed by atoms with Gasteiger partial charge >= 0.3 is 5.97 Å². The van der Waals surface area contributed by atoms with Gasteiger partial charge in [0.25, 0.3) is 0 Å². The second kappa shape index (κ2) is 7.96. The minimum atomic E-state index is -0.652. The Bertz CT molecular complexity index is 922. The Labute approximate surface area is 157 Å². The van der Waals surface area contributed by atoms with E-state index in [0.717, 1.165) is 12.0 Å². The minimum absolute atomic E-state index is 0.0766. The van der Waals surface area contributed by atoms with Crippen LogP contribution in [0.25, 0.3) is 17.3 Å². The summed E-state index contributed by atoms with van der Waals surface area (Å²) in [6.45, 7) is 4.68. The lowest BCUT2D eigenvalue weighted by molar-refractivity contribution is -0.142. The van der Waals surface area contributed by atoms with E-state index >= 15 is 0 Å². The lowest BCUT2D eigenvalue weighted by Gasteiger charge is -2.09. The van der Waals surface area contributed by atoms with E-state index in [2.05, 4.69) is 5.10 Å². The number of aromatic nitrogens is 2. The van der Waals surface area contributed by atoms with Gasteiger partial charge in [0, 0.05) is 30.8 Å². The van der Waals surface area contributed by atoms with Crippen LogP contribution in [-0.4, -0.2) is 35.1 Å². The van der Waals surface area contributed by atoms with Crippen LogP contribution in [0.2, 0.25) is 0 Å². The number of esters is 1. The smallest absolute Gasteiger partial charge is 0.349 e. The number of hydrogen-bond donors (Lipinski definition) is 0.